The van der Waals surface area contributed by atoms with E-state index in [2.05, 4.69) is 30.3 Å². The van der Waals surface area contributed by atoms with Gasteiger partial charge < -0.3 is 14.7 Å². The zero-order valence-electron chi connectivity index (χ0n) is 15.0. The standard InChI is InChI=1S/C19H22N6O/c1-13-12-17(21-14(2)20-13)25-10-8-16(9-11-25)22-19-23-18(26-24-19)15-6-4-3-5-7-15/h3-7,12,16H,8-11H2,1-2H3,(H,22,24). The van der Waals surface area contributed by atoms with Gasteiger partial charge in [0.25, 0.3) is 11.8 Å². The first-order valence-corrected chi connectivity index (χ1v) is 8.90. The lowest BCUT2D eigenvalue weighted by Crippen LogP contribution is -2.39. The van der Waals surface area contributed by atoms with Crippen LogP contribution in [0.15, 0.2) is 40.9 Å². The summed E-state index contributed by atoms with van der Waals surface area (Å²) < 4.78 is 5.36. The first-order chi connectivity index (χ1) is 12.7. The van der Waals surface area contributed by atoms with Crippen LogP contribution in [0.4, 0.5) is 11.8 Å². The molecule has 1 N–H and O–H groups in total. The Labute approximate surface area is 152 Å². The Morgan fingerprint density at radius 3 is 2.54 bits per heavy atom. The zero-order chi connectivity index (χ0) is 17.9. The van der Waals surface area contributed by atoms with E-state index in [4.69, 9.17) is 4.52 Å². The average Bonchev–Trinajstić information content (AvgIpc) is 3.11. The van der Waals surface area contributed by atoms with Gasteiger partial charge in [0.15, 0.2) is 0 Å². The summed E-state index contributed by atoms with van der Waals surface area (Å²) >= 11 is 0. The van der Waals surface area contributed by atoms with Gasteiger partial charge in [-0.2, -0.15) is 4.98 Å². The van der Waals surface area contributed by atoms with Crippen LogP contribution in [-0.2, 0) is 0 Å². The highest BCUT2D eigenvalue weighted by Crippen LogP contribution is 2.22. The third-order valence-corrected chi connectivity index (χ3v) is 4.55. The van der Waals surface area contributed by atoms with E-state index in [1.54, 1.807) is 0 Å². The molecule has 1 aliphatic rings. The Hall–Kier alpha value is -2.96. The van der Waals surface area contributed by atoms with Gasteiger partial charge in [-0.1, -0.05) is 18.2 Å². The molecule has 0 atom stereocenters. The van der Waals surface area contributed by atoms with E-state index in [1.165, 1.54) is 0 Å². The van der Waals surface area contributed by atoms with Gasteiger partial charge in [-0.05, 0) is 44.0 Å². The van der Waals surface area contributed by atoms with Crippen molar-refractivity contribution in [2.45, 2.75) is 32.7 Å². The predicted octanol–water partition coefficient (Wildman–Crippen LogP) is 3.22. The number of aryl methyl sites for hydroxylation is 2. The lowest BCUT2D eigenvalue weighted by Gasteiger charge is -2.33. The van der Waals surface area contributed by atoms with Crippen molar-refractivity contribution in [1.29, 1.82) is 0 Å². The fourth-order valence-corrected chi connectivity index (χ4v) is 3.27. The number of hydrogen-bond acceptors (Lipinski definition) is 7. The van der Waals surface area contributed by atoms with Crippen LogP contribution in [0.3, 0.4) is 0 Å². The third-order valence-electron chi connectivity index (χ3n) is 4.55. The number of piperidine rings is 1. The van der Waals surface area contributed by atoms with Crippen LogP contribution in [0.25, 0.3) is 11.5 Å². The predicted molar refractivity (Wildman–Crippen MR) is 100 cm³/mol. The zero-order valence-corrected chi connectivity index (χ0v) is 15.0. The molecule has 0 unspecified atom stereocenters. The smallest absolute Gasteiger partial charge is 0.263 e. The topological polar surface area (TPSA) is 80.0 Å². The van der Waals surface area contributed by atoms with Crippen LogP contribution in [0, 0.1) is 13.8 Å². The van der Waals surface area contributed by atoms with Gasteiger partial charge >= 0.3 is 0 Å². The molecule has 134 valence electrons. The Morgan fingerprint density at radius 1 is 1.04 bits per heavy atom. The molecule has 26 heavy (non-hydrogen) atoms. The van der Waals surface area contributed by atoms with Crippen molar-refractivity contribution in [2.75, 3.05) is 23.3 Å². The van der Waals surface area contributed by atoms with Crippen molar-refractivity contribution >= 4 is 11.8 Å². The molecule has 4 rings (SSSR count). The number of nitrogens with one attached hydrogen (secondary N) is 1. The number of nitrogens with zero attached hydrogens (tertiary/aromatic N) is 5. The van der Waals surface area contributed by atoms with Crippen molar-refractivity contribution in [3.63, 3.8) is 0 Å². The molecule has 3 heterocycles. The molecule has 1 fully saturated rings. The summed E-state index contributed by atoms with van der Waals surface area (Å²) in [5.74, 6) is 2.92. The van der Waals surface area contributed by atoms with Crippen molar-refractivity contribution in [2.24, 2.45) is 0 Å². The minimum Gasteiger partial charge on any atom is -0.356 e. The van der Waals surface area contributed by atoms with Gasteiger partial charge in [0.05, 0.1) is 0 Å². The van der Waals surface area contributed by atoms with Crippen LogP contribution in [-0.4, -0.2) is 39.2 Å². The largest absolute Gasteiger partial charge is 0.356 e. The van der Waals surface area contributed by atoms with E-state index in [0.717, 1.165) is 48.8 Å². The highest BCUT2D eigenvalue weighted by molar-refractivity contribution is 5.53. The van der Waals surface area contributed by atoms with Gasteiger partial charge in [0.2, 0.25) is 0 Å². The third kappa shape index (κ3) is 3.66. The van der Waals surface area contributed by atoms with E-state index < -0.39 is 0 Å². The number of anilines is 2. The molecule has 0 radical (unpaired) electrons. The van der Waals surface area contributed by atoms with Crippen LogP contribution >= 0.6 is 0 Å². The first-order valence-electron chi connectivity index (χ1n) is 8.90. The Kier molecular flexibility index (Phi) is 4.51. The van der Waals surface area contributed by atoms with Crippen molar-refractivity contribution in [3.05, 3.63) is 47.9 Å². The molecule has 2 aromatic heterocycles. The number of rotatable bonds is 4. The molecule has 1 saturated heterocycles. The fourth-order valence-electron chi connectivity index (χ4n) is 3.27. The lowest BCUT2D eigenvalue weighted by molar-refractivity contribution is 0.429. The molecule has 7 heteroatoms. The summed E-state index contributed by atoms with van der Waals surface area (Å²) in [6.07, 6.45) is 1.99. The molecular weight excluding hydrogens is 328 g/mol. The maximum atomic E-state index is 5.36. The minimum absolute atomic E-state index is 0.330. The number of aromatic nitrogens is 4. The Balaban J connectivity index is 1.36. The minimum atomic E-state index is 0.330. The van der Waals surface area contributed by atoms with Crippen LogP contribution in [0.2, 0.25) is 0 Å². The number of hydrogen-bond donors (Lipinski definition) is 1. The van der Waals surface area contributed by atoms with Gasteiger partial charge in [-0.3, -0.25) is 0 Å². The maximum absolute atomic E-state index is 5.36. The van der Waals surface area contributed by atoms with E-state index >= 15 is 0 Å². The molecule has 0 spiro atoms. The van der Waals surface area contributed by atoms with Crippen molar-refractivity contribution in [1.82, 2.24) is 20.1 Å². The van der Waals surface area contributed by atoms with Gasteiger partial charge in [-0.15, -0.1) is 0 Å². The lowest BCUT2D eigenvalue weighted by atomic mass is 10.1. The quantitative estimate of drug-likeness (QED) is 0.774. The Morgan fingerprint density at radius 2 is 1.81 bits per heavy atom. The molecular formula is C19H22N6O. The second-order valence-corrected chi connectivity index (χ2v) is 6.61. The normalized spacial score (nSPS) is 15.2. The fraction of sp³-hybridized carbons (Fsp3) is 0.368. The van der Waals surface area contributed by atoms with E-state index in [1.807, 2.05) is 50.2 Å². The molecule has 0 aliphatic carbocycles. The van der Waals surface area contributed by atoms with Gasteiger partial charge in [-0.25, -0.2) is 9.97 Å². The molecule has 0 amide bonds. The van der Waals surface area contributed by atoms with E-state index in [-0.39, 0.29) is 0 Å². The summed E-state index contributed by atoms with van der Waals surface area (Å²) in [5.41, 5.74) is 1.94. The van der Waals surface area contributed by atoms with Crippen LogP contribution in [0.5, 0.6) is 0 Å². The molecule has 3 aromatic rings. The summed E-state index contributed by atoms with van der Waals surface area (Å²) in [7, 11) is 0. The Bertz CT molecular complexity index is 850. The van der Waals surface area contributed by atoms with Gasteiger partial charge in [0.1, 0.15) is 11.6 Å². The number of benzene rings is 1. The van der Waals surface area contributed by atoms with Crippen LogP contribution < -0.4 is 10.2 Å². The summed E-state index contributed by atoms with van der Waals surface area (Å²) in [5, 5.41) is 7.45. The monoisotopic (exact) mass is 350 g/mol. The highest BCUT2D eigenvalue weighted by atomic mass is 16.5. The molecule has 7 nitrogen and oxygen atoms in total. The highest BCUT2D eigenvalue weighted by Gasteiger charge is 2.22. The van der Waals surface area contributed by atoms with E-state index in [9.17, 15) is 0 Å². The summed E-state index contributed by atoms with van der Waals surface area (Å²) in [6.45, 7) is 5.83. The van der Waals surface area contributed by atoms with Gasteiger partial charge in [0, 0.05) is 36.5 Å². The molecule has 1 aromatic carbocycles. The second-order valence-electron chi connectivity index (χ2n) is 6.61. The molecule has 1 aliphatic heterocycles. The van der Waals surface area contributed by atoms with Crippen LogP contribution in [0.1, 0.15) is 24.4 Å². The molecule has 0 saturated carbocycles. The van der Waals surface area contributed by atoms with Crippen molar-refractivity contribution in [3.8, 4) is 11.5 Å². The SMILES string of the molecule is Cc1cc(N2CCC(Nc3noc(-c4ccccc4)n3)CC2)nc(C)n1. The second kappa shape index (κ2) is 7.11. The summed E-state index contributed by atoms with van der Waals surface area (Å²) in [4.78, 5) is 15.7. The van der Waals surface area contributed by atoms with E-state index in [0.29, 0.717) is 17.9 Å². The summed E-state index contributed by atoms with van der Waals surface area (Å²) in [6, 6.07) is 12.2. The molecule has 0 bridgehead atoms. The average molecular weight is 350 g/mol. The van der Waals surface area contributed by atoms with Crippen molar-refractivity contribution < 1.29 is 4.52 Å². The first kappa shape index (κ1) is 16.5. The maximum Gasteiger partial charge on any atom is 0.263 e.